The zero-order valence-electron chi connectivity index (χ0n) is 10.1. The number of aromatic nitrogens is 2. The van der Waals surface area contributed by atoms with Crippen LogP contribution in [0, 0.1) is 5.92 Å². The van der Waals surface area contributed by atoms with Gasteiger partial charge in [-0.15, -0.1) is 0 Å². The molecule has 1 aromatic rings. The molecule has 0 saturated heterocycles. The fourth-order valence-electron chi connectivity index (χ4n) is 2.28. The Morgan fingerprint density at radius 3 is 2.71 bits per heavy atom. The molecule has 1 aliphatic rings. The number of nitrogens with one attached hydrogen (secondary N) is 1. The van der Waals surface area contributed by atoms with E-state index in [2.05, 4.69) is 15.3 Å². The molecule has 5 heteroatoms. The van der Waals surface area contributed by atoms with Gasteiger partial charge in [-0.3, -0.25) is 0 Å². The van der Waals surface area contributed by atoms with Crippen LogP contribution in [0.1, 0.15) is 25.7 Å². The van der Waals surface area contributed by atoms with E-state index in [0.717, 1.165) is 12.8 Å². The van der Waals surface area contributed by atoms with E-state index in [1.165, 1.54) is 12.8 Å². The largest absolute Gasteiger partial charge is 0.494 e. The second-order valence-electron chi connectivity index (χ2n) is 4.42. The number of methoxy groups -OCH3 is 1. The van der Waals surface area contributed by atoms with Crippen LogP contribution in [0.2, 0.25) is 0 Å². The van der Waals surface area contributed by atoms with Crippen molar-refractivity contribution < 1.29 is 9.84 Å². The fourth-order valence-corrected chi connectivity index (χ4v) is 2.28. The van der Waals surface area contributed by atoms with Gasteiger partial charge in [-0.05, 0) is 12.8 Å². The van der Waals surface area contributed by atoms with Crippen LogP contribution in [0.3, 0.4) is 0 Å². The lowest BCUT2D eigenvalue weighted by atomic mass is 9.85. The van der Waals surface area contributed by atoms with Crippen molar-refractivity contribution in [1.82, 2.24) is 9.97 Å². The van der Waals surface area contributed by atoms with Gasteiger partial charge in [0.2, 0.25) is 5.95 Å². The molecule has 2 unspecified atom stereocenters. The van der Waals surface area contributed by atoms with Crippen LogP contribution in [-0.2, 0) is 0 Å². The number of anilines is 1. The van der Waals surface area contributed by atoms with E-state index in [9.17, 15) is 5.11 Å². The molecule has 1 aliphatic carbocycles. The molecule has 5 nitrogen and oxygen atoms in total. The third-order valence-corrected chi connectivity index (χ3v) is 3.32. The number of hydrogen-bond acceptors (Lipinski definition) is 5. The van der Waals surface area contributed by atoms with E-state index >= 15 is 0 Å². The first-order valence-electron chi connectivity index (χ1n) is 6.07. The Bertz CT molecular complexity index is 342. The number of nitrogens with zero attached hydrogens (tertiary/aromatic N) is 2. The Morgan fingerprint density at radius 2 is 2.06 bits per heavy atom. The van der Waals surface area contributed by atoms with Crippen LogP contribution in [0.25, 0.3) is 0 Å². The Morgan fingerprint density at radius 1 is 1.35 bits per heavy atom. The van der Waals surface area contributed by atoms with Crippen molar-refractivity contribution in [3.63, 3.8) is 0 Å². The normalized spacial score (nSPS) is 24.4. The number of rotatable bonds is 4. The minimum absolute atomic E-state index is 0.230. The van der Waals surface area contributed by atoms with E-state index in [0.29, 0.717) is 17.6 Å². The third-order valence-electron chi connectivity index (χ3n) is 3.32. The van der Waals surface area contributed by atoms with Gasteiger partial charge < -0.3 is 15.2 Å². The Hall–Kier alpha value is -1.36. The van der Waals surface area contributed by atoms with Crippen molar-refractivity contribution >= 4 is 5.95 Å². The molecular formula is C12H19N3O2. The molecule has 0 radical (unpaired) electrons. The summed E-state index contributed by atoms with van der Waals surface area (Å²) < 4.78 is 5.01. The molecule has 2 atom stereocenters. The first-order chi connectivity index (χ1) is 8.33. The maximum Gasteiger partial charge on any atom is 0.223 e. The Balaban J connectivity index is 1.98. The average Bonchev–Trinajstić information content (AvgIpc) is 2.40. The van der Waals surface area contributed by atoms with Gasteiger partial charge in [-0.2, -0.15) is 0 Å². The van der Waals surface area contributed by atoms with Gasteiger partial charge in [-0.1, -0.05) is 12.8 Å². The van der Waals surface area contributed by atoms with E-state index < -0.39 is 0 Å². The maximum absolute atomic E-state index is 9.32. The summed E-state index contributed by atoms with van der Waals surface area (Å²) in [6.45, 7) is 0.230. The highest BCUT2D eigenvalue weighted by Crippen LogP contribution is 2.26. The van der Waals surface area contributed by atoms with Crippen molar-refractivity contribution in [3.05, 3.63) is 12.4 Å². The molecule has 94 valence electrons. The third kappa shape index (κ3) is 3.06. The van der Waals surface area contributed by atoms with Gasteiger partial charge >= 0.3 is 0 Å². The lowest BCUT2D eigenvalue weighted by Gasteiger charge is -2.30. The topological polar surface area (TPSA) is 67.3 Å². The Kier molecular flexibility index (Phi) is 4.14. The lowest BCUT2D eigenvalue weighted by Crippen LogP contribution is -2.34. The van der Waals surface area contributed by atoms with Crippen molar-refractivity contribution in [3.8, 4) is 5.75 Å². The monoisotopic (exact) mass is 237 g/mol. The molecule has 0 spiro atoms. The van der Waals surface area contributed by atoms with Crippen LogP contribution < -0.4 is 10.1 Å². The number of aliphatic hydroxyl groups excluding tert-OH is 1. The predicted octanol–water partition coefficient (Wildman–Crippen LogP) is 1.45. The second kappa shape index (κ2) is 5.82. The van der Waals surface area contributed by atoms with Crippen molar-refractivity contribution in [2.45, 2.75) is 31.7 Å². The maximum atomic E-state index is 9.32. The zero-order valence-corrected chi connectivity index (χ0v) is 10.1. The molecule has 1 heterocycles. The van der Waals surface area contributed by atoms with Gasteiger partial charge in [0, 0.05) is 18.6 Å². The molecule has 1 fully saturated rings. The first-order valence-corrected chi connectivity index (χ1v) is 6.07. The highest BCUT2D eigenvalue weighted by molar-refractivity contribution is 5.28. The molecule has 0 bridgehead atoms. The van der Waals surface area contributed by atoms with Gasteiger partial charge in [0.05, 0.1) is 19.5 Å². The van der Waals surface area contributed by atoms with E-state index in [1.54, 1.807) is 19.5 Å². The molecule has 2 rings (SSSR count). The molecule has 1 aromatic heterocycles. The number of hydrogen-bond donors (Lipinski definition) is 2. The minimum atomic E-state index is 0.230. The molecule has 1 saturated carbocycles. The van der Waals surface area contributed by atoms with E-state index in [4.69, 9.17) is 4.74 Å². The minimum Gasteiger partial charge on any atom is -0.494 e. The van der Waals surface area contributed by atoms with Crippen LogP contribution in [0.4, 0.5) is 5.95 Å². The standard InChI is InChI=1S/C12H19N3O2/c1-17-10-6-13-12(14-7-10)15-11-5-3-2-4-9(11)8-16/h6-7,9,11,16H,2-5,8H2,1H3,(H,13,14,15). The van der Waals surface area contributed by atoms with Crippen LogP contribution in [0.5, 0.6) is 5.75 Å². The van der Waals surface area contributed by atoms with Crippen LogP contribution in [-0.4, -0.2) is 34.8 Å². The molecule has 0 aromatic carbocycles. The van der Waals surface area contributed by atoms with E-state index in [-0.39, 0.29) is 12.6 Å². The highest BCUT2D eigenvalue weighted by Gasteiger charge is 2.24. The smallest absolute Gasteiger partial charge is 0.223 e. The summed E-state index contributed by atoms with van der Waals surface area (Å²) in [7, 11) is 1.59. The Labute approximate surface area is 101 Å². The van der Waals surface area contributed by atoms with Crippen LogP contribution in [0.15, 0.2) is 12.4 Å². The fraction of sp³-hybridized carbons (Fsp3) is 0.667. The first kappa shape index (κ1) is 12.1. The van der Waals surface area contributed by atoms with Crippen LogP contribution >= 0.6 is 0 Å². The van der Waals surface area contributed by atoms with Gasteiger partial charge in [0.15, 0.2) is 5.75 Å². The summed E-state index contributed by atoms with van der Waals surface area (Å²) in [6, 6.07) is 0.280. The summed E-state index contributed by atoms with van der Waals surface area (Å²) in [5.41, 5.74) is 0. The van der Waals surface area contributed by atoms with Crippen molar-refractivity contribution in [2.24, 2.45) is 5.92 Å². The molecule has 2 N–H and O–H groups in total. The summed E-state index contributed by atoms with van der Waals surface area (Å²) in [4.78, 5) is 8.37. The highest BCUT2D eigenvalue weighted by atomic mass is 16.5. The number of ether oxygens (including phenoxy) is 1. The number of aliphatic hydroxyl groups is 1. The second-order valence-corrected chi connectivity index (χ2v) is 4.42. The van der Waals surface area contributed by atoms with Gasteiger partial charge in [0.1, 0.15) is 0 Å². The lowest BCUT2D eigenvalue weighted by molar-refractivity contribution is 0.178. The molecule has 17 heavy (non-hydrogen) atoms. The summed E-state index contributed by atoms with van der Waals surface area (Å²) in [5, 5.41) is 12.6. The van der Waals surface area contributed by atoms with Crippen molar-refractivity contribution in [1.29, 1.82) is 0 Å². The zero-order chi connectivity index (χ0) is 12.1. The van der Waals surface area contributed by atoms with Gasteiger partial charge in [-0.25, -0.2) is 9.97 Å². The molecular weight excluding hydrogens is 218 g/mol. The summed E-state index contributed by atoms with van der Waals surface area (Å²) in [5.74, 6) is 1.57. The molecule has 0 amide bonds. The summed E-state index contributed by atoms with van der Waals surface area (Å²) >= 11 is 0. The van der Waals surface area contributed by atoms with E-state index in [1.807, 2.05) is 0 Å². The summed E-state index contributed by atoms with van der Waals surface area (Å²) in [6.07, 6.45) is 7.83. The van der Waals surface area contributed by atoms with Crippen molar-refractivity contribution in [2.75, 3.05) is 19.0 Å². The van der Waals surface area contributed by atoms with Gasteiger partial charge in [0.25, 0.3) is 0 Å². The predicted molar refractivity (Wildman–Crippen MR) is 65.0 cm³/mol. The SMILES string of the molecule is COc1cnc(NC2CCCCC2CO)nc1. The quantitative estimate of drug-likeness (QED) is 0.829. The average molecular weight is 237 g/mol. The molecule has 0 aliphatic heterocycles.